The fraction of sp³-hybridized carbons (Fsp3) is 0.333. The van der Waals surface area contributed by atoms with Crippen molar-refractivity contribution in [3.05, 3.63) is 65.5 Å². The van der Waals surface area contributed by atoms with Crippen LogP contribution in [0.15, 0.2) is 48.5 Å². The molecule has 200 valence electrons. The Morgan fingerprint density at radius 1 is 1.05 bits per heavy atom. The van der Waals surface area contributed by atoms with Gasteiger partial charge in [0.2, 0.25) is 11.8 Å². The molecule has 3 aromatic rings. The molecule has 2 aromatic heterocycles. The van der Waals surface area contributed by atoms with Crippen LogP contribution in [0, 0.1) is 17.1 Å². The topological polar surface area (TPSA) is 130 Å². The van der Waals surface area contributed by atoms with Crippen molar-refractivity contribution in [3.8, 4) is 17.8 Å². The molecule has 3 rings (SSSR count). The van der Waals surface area contributed by atoms with Gasteiger partial charge in [0, 0.05) is 24.7 Å². The number of aromatic nitrogens is 2. The summed E-state index contributed by atoms with van der Waals surface area (Å²) < 4.78 is 30.7. The van der Waals surface area contributed by atoms with Gasteiger partial charge in [-0.05, 0) is 38.8 Å². The van der Waals surface area contributed by atoms with Crippen molar-refractivity contribution >= 4 is 23.4 Å². The van der Waals surface area contributed by atoms with E-state index in [2.05, 4.69) is 25.9 Å². The molecule has 0 bridgehead atoms. The summed E-state index contributed by atoms with van der Waals surface area (Å²) in [7, 11) is 2.92. The quantitative estimate of drug-likeness (QED) is 0.344. The van der Waals surface area contributed by atoms with E-state index in [1.54, 1.807) is 32.9 Å². The Kier molecular flexibility index (Phi) is 9.27. The number of halogens is 1. The molecule has 1 atom stereocenters. The highest BCUT2D eigenvalue weighted by atomic mass is 19.1. The molecule has 0 aliphatic rings. The Morgan fingerprint density at radius 2 is 1.71 bits per heavy atom. The first kappa shape index (κ1) is 28.0. The van der Waals surface area contributed by atoms with Crippen molar-refractivity contribution in [2.45, 2.75) is 38.8 Å². The molecule has 0 fully saturated rings. The highest BCUT2D eigenvalue weighted by Crippen LogP contribution is 2.28. The number of methoxy groups -OCH3 is 2. The summed E-state index contributed by atoms with van der Waals surface area (Å²) in [6.45, 7) is 5.44. The number of pyridine rings is 2. The number of nitrogens with one attached hydrogen (secondary N) is 3. The number of nitriles is 1. The molecule has 38 heavy (non-hydrogen) atoms. The van der Waals surface area contributed by atoms with Crippen molar-refractivity contribution in [1.29, 1.82) is 5.26 Å². The number of ether oxygens (including phenoxy) is 3. The van der Waals surface area contributed by atoms with Gasteiger partial charge < -0.3 is 30.2 Å². The molecule has 0 saturated heterocycles. The molecular formula is C27H31FN6O4. The van der Waals surface area contributed by atoms with E-state index in [0.717, 1.165) is 11.6 Å². The van der Waals surface area contributed by atoms with Gasteiger partial charge in [0.05, 0.1) is 25.5 Å². The minimum atomic E-state index is -0.715. The lowest BCUT2D eigenvalue weighted by molar-refractivity contribution is 0.0525. The van der Waals surface area contributed by atoms with E-state index in [1.165, 1.54) is 14.2 Å². The second kappa shape index (κ2) is 12.6. The zero-order valence-corrected chi connectivity index (χ0v) is 22.0. The van der Waals surface area contributed by atoms with Gasteiger partial charge in [0.15, 0.2) is 17.5 Å². The van der Waals surface area contributed by atoms with Gasteiger partial charge >= 0.3 is 6.09 Å². The largest absolute Gasteiger partial charge is 0.481 e. The highest BCUT2D eigenvalue weighted by molar-refractivity contribution is 5.68. The van der Waals surface area contributed by atoms with Crippen molar-refractivity contribution in [1.82, 2.24) is 15.3 Å². The predicted molar refractivity (Wildman–Crippen MR) is 141 cm³/mol. The van der Waals surface area contributed by atoms with Gasteiger partial charge in [-0.15, -0.1) is 0 Å². The molecule has 3 N–H and O–H groups in total. The van der Waals surface area contributed by atoms with Crippen LogP contribution in [0.3, 0.4) is 0 Å². The maximum absolute atomic E-state index is 15.0. The van der Waals surface area contributed by atoms with Gasteiger partial charge in [-0.2, -0.15) is 10.2 Å². The molecule has 0 saturated carbocycles. The molecule has 0 aliphatic carbocycles. The smallest absolute Gasteiger partial charge is 0.407 e. The lowest BCUT2D eigenvalue weighted by Gasteiger charge is -2.23. The van der Waals surface area contributed by atoms with Gasteiger partial charge in [-0.1, -0.05) is 30.3 Å². The van der Waals surface area contributed by atoms with Crippen LogP contribution in [0.1, 0.15) is 31.9 Å². The third-order valence-electron chi connectivity index (χ3n) is 5.11. The molecule has 2 heterocycles. The summed E-state index contributed by atoms with van der Waals surface area (Å²) >= 11 is 0. The molecule has 0 unspecified atom stereocenters. The van der Waals surface area contributed by atoms with E-state index in [9.17, 15) is 10.1 Å². The molecular weight excluding hydrogens is 491 g/mol. The fourth-order valence-corrected chi connectivity index (χ4v) is 3.46. The molecule has 0 spiro atoms. The molecule has 0 aliphatic heterocycles. The lowest BCUT2D eigenvalue weighted by atomic mass is 10.1. The van der Waals surface area contributed by atoms with Crippen LogP contribution in [-0.4, -0.2) is 48.5 Å². The second-order valence-electron chi connectivity index (χ2n) is 9.31. The first-order chi connectivity index (χ1) is 18.1. The molecule has 11 heteroatoms. The lowest BCUT2D eigenvalue weighted by Crippen LogP contribution is -2.40. The summed E-state index contributed by atoms with van der Waals surface area (Å²) in [5.74, 6) is -0.132. The number of hydrogen-bond acceptors (Lipinski definition) is 9. The maximum atomic E-state index is 15.0. The standard InChI is InChI=1S/C27H31FN6O4/c1-27(2,3)38-26(35)30-16-20(11-17-9-7-6-8-10-17)32-25-21(28)12-18(15-29)24(34-25)31-19-13-22(36-4)33-23(14-19)37-5/h6-10,12-14,20H,11,16H2,1-5H3,(H,30,35)(H2,31,32,33,34)/t20-/m1/s1. The second-order valence-corrected chi connectivity index (χ2v) is 9.31. The Labute approximate surface area is 221 Å². The molecule has 10 nitrogen and oxygen atoms in total. The highest BCUT2D eigenvalue weighted by Gasteiger charge is 2.20. The van der Waals surface area contributed by atoms with Crippen LogP contribution < -0.4 is 25.4 Å². The number of hydrogen-bond donors (Lipinski definition) is 3. The van der Waals surface area contributed by atoms with Crippen LogP contribution in [0.4, 0.5) is 26.5 Å². The van der Waals surface area contributed by atoms with Crippen molar-refractivity contribution in [2.75, 3.05) is 31.4 Å². The number of carbonyl (C=O) groups excluding carboxylic acids is 1. The minimum absolute atomic E-state index is 0.00529. The van der Waals surface area contributed by atoms with Gasteiger partial charge in [0.1, 0.15) is 11.7 Å². The third-order valence-corrected chi connectivity index (χ3v) is 5.11. The first-order valence-electron chi connectivity index (χ1n) is 11.8. The zero-order valence-electron chi connectivity index (χ0n) is 22.0. The summed E-state index contributed by atoms with van der Waals surface area (Å²) in [5, 5.41) is 18.4. The average molecular weight is 523 g/mol. The summed E-state index contributed by atoms with van der Waals surface area (Å²) in [6, 6.07) is 15.3. The van der Waals surface area contributed by atoms with E-state index in [0.29, 0.717) is 12.1 Å². The van der Waals surface area contributed by atoms with E-state index in [4.69, 9.17) is 14.2 Å². The van der Waals surface area contributed by atoms with E-state index < -0.39 is 23.6 Å². The predicted octanol–water partition coefficient (Wildman–Crippen LogP) is 4.80. The number of rotatable bonds is 10. The molecule has 0 radical (unpaired) electrons. The number of nitrogens with zero attached hydrogens (tertiary/aromatic N) is 3. The van der Waals surface area contributed by atoms with E-state index in [-0.39, 0.29) is 35.5 Å². The molecule has 1 amide bonds. The van der Waals surface area contributed by atoms with Crippen LogP contribution in [-0.2, 0) is 11.2 Å². The Hall–Kier alpha value is -4.59. The monoisotopic (exact) mass is 522 g/mol. The summed E-state index contributed by atoms with van der Waals surface area (Å²) in [5.41, 5.74) is 0.780. The molecule has 1 aromatic carbocycles. The van der Waals surface area contributed by atoms with Crippen LogP contribution >= 0.6 is 0 Å². The van der Waals surface area contributed by atoms with E-state index in [1.807, 2.05) is 36.4 Å². The number of amides is 1. The Bertz CT molecular complexity index is 1270. The van der Waals surface area contributed by atoms with Crippen molar-refractivity contribution in [3.63, 3.8) is 0 Å². The van der Waals surface area contributed by atoms with Crippen LogP contribution in [0.2, 0.25) is 0 Å². The van der Waals surface area contributed by atoms with Crippen LogP contribution in [0.25, 0.3) is 0 Å². The Morgan fingerprint density at radius 3 is 2.29 bits per heavy atom. The zero-order chi connectivity index (χ0) is 27.7. The number of benzene rings is 1. The van der Waals surface area contributed by atoms with Gasteiger partial charge in [0.25, 0.3) is 0 Å². The number of anilines is 3. The minimum Gasteiger partial charge on any atom is -0.481 e. The van der Waals surface area contributed by atoms with Gasteiger partial charge in [-0.25, -0.2) is 14.2 Å². The summed E-state index contributed by atoms with van der Waals surface area (Å²) in [4.78, 5) is 20.7. The normalized spacial score (nSPS) is 11.6. The number of carbonyl (C=O) groups is 1. The van der Waals surface area contributed by atoms with Crippen molar-refractivity contribution in [2.24, 2.45) is 0 Å². The average Bonchev–Trinajstić information content (AvgIpc) is 2.88. The third kappa shape index (κ3) is 8.23. The van der Waals surface area contributed by atoms with Gasteiger partial charge in [-0.3, -0.25) is 0 Å². The Balaban J connectivity index is 1.88. The maximum Gasteiger partial charge on any atom is 0.407 e. The number of alkyl carbamates (subject to hydrolysis) is 1. The van der Waals surface area contributed by atoms with E-state index >= 15 is 4.39 Å². The SMILES string of the molecule is COc1cc(Nc2nc(N[C@@H](CNC(=O)OC(C)(C)C)Cc3ccccc3)c(F)cc2C#N)cc(OC)n1. The van der Waals surface area contributed by atoms with Crippen LogP contribution in [0.5, 0.6) is 11.8 Å². The summed E-state index contributed by atoms with van der Waals surface area (Å²) in [6.07, 6.45) is -0.132. The fourth-order valence-electron chi connectivity index (χ4n) is 3.46. The van der Waals surface area contributed by atoms with Crippen molar-refractivity contribution < 1.29 is 23.4 Å². The first-order valence-corrected chi connectivity index (χ1v) is 11.8.